The van der Waals surface area contributed by atoms with Crippen molar-refractivity contribution in [2.75, 3.05) is 5.73 Å². The topological polar surface area (TPSA) is 77.2 Å². The number of benzene rings is 1. The number of para-hydroxylation sites is 1. The molecule has 0 saturated carbocycles. The largest absolute Gasteiger partial charge is 0.506 e. The number of phenols is 1. The monoisotopic (exact) mass is 229 g/mol. The Bertz CT molecular complexity index is 697. The number of rotatable bonds is 1. The summed E-state index contributed by atoms with van der Waals surface area (Å²) in [5.74, 6) is 1.18. The van der Waals surface area contributed by atoms with Crippen molar-refractivity contribution in [3.05, 3.63) is 30.5 Å². The first-order chi connectivity index (χ1) is 8.16. The molecular formula is C12H11N3O2. The molecule has 0 atom stereocenters. The van der Waals surface area contributed by atoms with Gasteiger partial charge in [-0.25, -0.2) is 0 Å². The number of aromatic nitrogens is 2. The van der Waals surface area contributed by atoms with E-state index in [2.05, 4.69) is 5.16 Å². The molecule has 0 aliphatic heterocycles. The van der Waals surface area contributed by atoms with E-state index in [-0.39, 0.29) is 5.75 Å². The number of nitrogens with zero attached hydrogens (tertiary/aromatic N) is 2. The molecule has 17 heavy (non-hydrogen) atoms. The summed E-state index contributed by atoms with van der Waals surface area (Å²) in [6.07, 6.45) is 1.88. The Morgan fingerprint density at radius 1 is 1.41 bits per heavy atom. The summed E-state index contributed by atoms with van der Waals surface area (Å²) in [7, 11) is 1.87. The summed E-state index contributed by atoms with van der Waals surface area (Å²) in [6.45, 7) is 0. The van der Waals surface area contributed by atoms with E-state index in [1.54, 1.807) is 18.2 Å². The van der Waals surface area contributed by atoms with Gasteiger partial charge in [0.2, 0.25) is 0 Å². The van der Waals surface area contributed by atoms with E-state index in [0.717, 1.165) is 16.5 Å². The second-order valence-corrected chi connectivity index (χ2v) is 3.94. The number of phenolic OH excluding ortho intramolecular Hbond substituents is 1. The van der Waals surface area contributed by atoms with Gasteiger partial charge >= 0.3 is 0 Å². The SMILES string of the molecule is Cn1cc(-c2cc(N)no2)c2cccc(O)c21. The van der Waals surface area contributed by atoms with Crippen LogP contribution in [0, 0.1) is 0 Å². The molecule has 0 spiro atoms. The fraction of sp³-hybridized carbons (Fsp3) is 0.0833. The molecule has 0 unspecified atom stereocenters. The van der Waals surface area contributed by atoms with Crippen LogP contribution in [0.2, 0.25) is 0 Å². The van der Waals surface area contributed by atoms with E-state index >= 15 is 0 Å². The van der Waals surface area contributed by atoms with Gasteiger partial charge in [0.1, 0.15) is 5.75 Å². The summed E-state index contributed by atoms with van der Waals surface area (Å²) in [5, 5.41) is 14.4. The van der Waals surface area contributed by atoms with Crippen LogP contribution in [0.25, 0.3) is 22.2 Å². The normalized spacial score (nSPS) is 11.1. The molecular weight excluding hydrogens is 218 g/mol. The number of hydrogen-bond donors (Lipinski definition) is 2. The van der Waals surface area contributed by atoms with Crippen molar-refractivity contribution in [1.29, 1.82) is 0 Å². The van der Waals surface area contributed by atoms with E-state index < -0.39 is 0 Å². The van der Waals surface area contributed by atoms with Gasteiger partial charge in [-0.2, -0.15) is 0 Å². The van der Waals surface area contributed by atoms with Crippen LogP contribution in [0.5, 0.6) is 5.75 Å². The molecule has 5 heteroatoms. The molecule has 3 aromatic rings. The number of nitrogens with two attached hydrogens (primary N) is 1. The van der Waals surface area contributed by atoms with Crippen molar-refractivity contribution < 1.29 is 9.63 Å². The second-order valence-electron chi connectivity index (χ2n) is 3.94. The predicted octanol–water partition coefficient (Wildman–Crippen LogP) is 2.12. The van der Waals surface area contributed by atoms with Crippen LogP contribution >= 0.6 is 0 Å². The third kappa shape index (κ3) is 1.36. The molecule has 0 fully saturated rings. The molecule has 1 aromatic carbocycles. The maximum atomic E-state index is 9.83. The zero-order valence-corrected chi connectivity index (χ0v) is 9.21. The second kappa shape index (κ2) is 3.28. The number of hydrogen-bond acceptors (Lipinski definition) is 4. The van der Waals surface area contributed by atoms with Gasteiger partial charge in [-0.1, -0.05) is 17.3 Å². The van der Waals surface area contributed by atoms with Gasteiger partial charge in [0, 0.05) is 30.3 Å². The summed E-state index contributed by atoms with van der Waals surface area (Å²) < 4.78 is 6.99. The third-order valence-electron chi connectivity index (χ3n) is 2.77. The smallest absolute Gasteiger partial charge is 0.171 e. The lowest BCUT2D eigenvalue weighted by Crippen LogP contribution is -1.83. The summed E-state index contributed by atoms with van der Waals surface area (Å²) in [4.78, 5) is 0. The Balaban J connectivity index is 2.35. The van der Waals surface area contributed by atoms with Crippen LogP contribution in [-0.4, -0.2) is 14.8 Å². The highest BCUT2D eigenvalue weighted by Crippen LogP contribution is 2.34. The Labute approximate surface area is 97.1 Å². The quantitative estimate of drug-likeness (QED) is 0.670. The lowest BCUT2D eigenvalue weighted by Gasteiger charge is -1.98. The highest BCUT2D eigenvalue weighted by atomic mass is 16.5. The van der Waals surface area contributed by atoms with Crippen molar-refractivity contribution in [2.45, 2.75) is 0 Å². The van der Waals surface area contributed by atoms with Gasteiger partial charge in [0.15, 0.2) is 11.6 Å². The molecule has 2 heterocycles. The molecule has 2 aromatic heterocycles. The number of aryl methyl sites for hydroxylation is 1. The minimum atomic E-state index is 0.240. The average Bonchev–Trinajstić information content (AvgIpc) is 2.84. The average molecular weight is 229 g/mol. The minimum Gasteiger partial charge on any atom is -0.506 e. The summed E-state index contributed by atoms with van der Waals surface area (Å²) >= 11 is 0. The van der Waals surface area contributed by atoms with E-state index in [1.807, 2.05) is 23.9 Å². The minimum absolute atomic E-state index is 0.240. The summed E-state index contributed by atoms with van der Waals surface area (Å²) in [5.41, 5.74) is 7.16. The molecule has 0 radical (unpaired) electrons. The number of anilines is 1. The first-order valence-corrected chi connectivity index (χ1v) is 5.16. The number of fused-ring (bicyclic) bond motifs is 1. The Morgan fingerprint density at radius 2 is 2.24 bits per heavy atom. The van der Waals surface area contributed by atoms with Crippen LogP contribution < -0.4 is 5.73 Å². The Hall–Kier alpha value is -2.43. The highest BCUT2D eigenvalue weighted by Gasteiger charge is 2.14. The summed E-state index contributed by atoms with van der Waals surface area (Å²) in [6, 6.07) is 7.03. The van der Waals surface area contributed by atoms with Gasteiger partial charge in [-0.15, -0.1) is 0 Å². The molecule has 0 aliphatic carbocycles. The first kappa shape index (κ1) is 9.77. The van der Waals surface area contributed by atoms with Gasteiger partial charge in [-0.05, 0) is 6.07 Å². The van der Waals surface area contributed by atoms with Gasteiger partial charge < -0.3 is 19.9 Å². The zero-order chi connectivity index (χ0) is 12.0. The van der Waals surface area contributed by atoms with Crippen molar-refractivity contribution in [3.63, 3.8) is 0 Å². The van der Waals surface area contributed by atoms with Crippen LogP contribution in [0.4, 0.5) is 5.82 Å². The lowest BCUT2D eigenvalue weighted by atomic mass is 10.1. The van der Waals surface area contributed by atoms with Crippen molar-refractivity contribution in [3.8, 4) is 17.1 Å². The molecule has 86 valence electrons. The van der Waals surface area contributed by atoms with Crippen molar-refractivity contribution in [1.82, 2.24) is 9.72 Å². The molecule has 0 bridgehead atoms. The molecule has 5 nitrogen and oxygen atoms in total. The van der Waals surface area contributed by atoms with Gasteiger partial charge in [0.25, 0.3) is 0 Å². The molecule has 3 N–H and O–H groups in total. The van der Waals surface area contributed by atoms with Gasteiger partial charge in [0.05, 0.1) is 5.52 Å². The van der Waals surface area contributed by atoms with E-state index in [4.69, 9.17) is 10.3 Å². The van der Waals surface area contributed by atoms with E-state index in [9.17, 15) is 5.11 Å². The molecule has 3 rings (SSSR count). The fourth-order valence-electron chi connectivity index (χ4n) is 2.06. The Morgan fingerprint density at radius 3 is 2.94 bits per heavy atom. The zero-order valence-electron chi connectivity index (χ0n) is 9.21. The first-order valence-electron chi connectivity index (χ1n) is 5.16. The fourth-order valence-corrected chi connectivity index (χ4v) is 2.06. The lowest BCUT2D eigenvalue weighted by molar-refractivity contribution is 0.436. The maximum absolute atomic E-state index is 9.83. The van der Waals surface area contributed by atoms with Crippen LogP contribution in [0.15, 0.2) is 35.0 Å². The number of aromatic hydroxyl groups is 1. The number of nitrogen functional groups attached to an aromatic ring is 1. The predicted molar refractivity (Wildman–Crippen MR) is 64.5 cm³/mol. The van der Waals surface area contributed by atoms with Crippen LogP contribution in [-0.2, 0) is 7.05 Å². The maximum Gasteiger partial charge on any atom is 0.171 e. The van der Waals surface area contributed by atoms with E-state index in [0.29, 0.717) is 11.6 Å². The third-order valence-corrected chi connectivity index (χ3v) is 2.77. The highest BCUT2D eigenvalue weighted by molar-refractivity contribution is 5.98. The molecule has 0 aliphatic rings. The van der Waals surface area contributed by atoms with Crippen molar-refractivity contribution >= 4 is 16.7 Å². The van der Waals surface area contributed by atoms with Crippen LogP contribution in [0.1, 0.15) is 0 Å². The molecule has 0 saturated heterocycles. The Kier molecular flexibility index (Phi) is 1.89. The van der Waals surface area contributed by atoms with Crippen molar-refractivity contribution in [2.24, 2.45) is 7.05 Å². The van der Waals surface area contributed by atoms with E-state index in [1.165, 1.54) is 0 Å². The standard InChI is InChI=1S/C12H11N3O2/c1-15-6-8(10-5-11(13)14-17-10)7-3-2-4-9(16)12(7)15/h2-6,16H,1H3,(H2,13,14). The molecule has 0 amide bonds. The van der Waals surface area contributed by atoms with Gasteiger partial charge in [-0.3, -0.25) is 0 Å². The van der Waals surface area contributed by atoms with Crippen LogP contribution in [0.3, 0.4) is 0 Å².